The molecule has 19 heavy (non-hydrogen) atoms. The largest absolute Gasteiger partial charge is 0.467 e. The van der Waals surface area contributed by atoms with Gasteiger partial charge < -0.3 is 10.1 Å². The molecule has 6 heteroatoms. The van der Waals surface area contributed by atoms with Gasteiger partial charge in [-0.15, -0.1) is 0 Å². The zero-order chi connectivity index (χ0) is 14.3. The molecule has 1 amide bonds. The average molecular weight is 267 g/mol. The van der Waals surface area contributed by atoms with E-state index in [-0.39, 0.29) is 12.3 Å². The van der Waals surface area contributed by atoms with Crippen LogP contribution in [0.15, 0.2) is 18.5 Å². The Morgan fingerprint density at radius 2 is 2.21 bits per heavy atom. The molecule has 0 saturated carbocycles. The van der Waals surface area contributed by atoms with Crippen LogP contribution in [0.4, 0.5) is 0 Å². The quantitative estimate of drug-likeness (QED) is 0.751. The van der Waals surface area contributed by atoms with Gasteiger partial charge in [0.2, 0.25) is 5.91 Å². The van der Waals surface area contributed by atoms with Crippen LogP contribution in [-0.4, -0.2) is 34.3 Å². The highest BCUT2D eigenvalue weighted by Gasteiger charge is 2.34. The van der Waals surface area contributed by atoms with Crippen LogP contribution in [0, 0.1) is 0 Å². The summed E-state index contributed by atoms with van der Waals surface area (Å²) in [5, 5.41) is 6.77. The fourth-order valence-electron chi connectivity index (χ4n) is 1.96. The van der Waals surface area contributed by atoms with E-state index in [1.165, 1.54) is 7.11 Å². The van der Waals surface area contributed by atoms with Gasteiger partial charge in [0.1, 0.15) is 5.54 Å². The molecule has 0 radical (unpaired) electrons. The topological polar surface area (TPSA) is 73.2 Å². The summed E-state index contributed by atoms with van der Waals surface area (Å²) in [7, 11) is 1.33. The minimum absolute atomic E-state index is 0.183. The van der Waals surface area contributed by atoms with Crippen LogP contribution in [-0.2, 0) is 20.9 Å². The standard InChI is InChI=1S/C13H21N3O3/c1-4-7-13(2,12(18)19-3)15-11(17)6-10-16-9-5-8-14-16/h5,8-9H,4,6-7,10H2,1-3H3,(H,15,17). The second kappa shape index (κ2) is 6.92. The first-order chi connectivity index (χ1) is 9.01. The van der Waals surface area contributed by atoms with Crippen LogP contribution in [0.5, 0.6) is 0 Å². The zero-order valence-corrected chi connectivity index (χ0v) is 11.7. The van der Waals surface area contributed by atoms with E-state index < -0.39 is 11.5 Å². The maximum atomic E-state index is 11.9. The van der Waals surface area contributed by atoms with E-state index in [2.05, 4.69) is 10.4 Å². The second-order valence-electron chi connectivity index (χ2n) is 4.64. The van der Waals surface area contributed by atoms with E-state index in [0.717, 1.165) is 6.42 Å². The van der Waals surface area contributed by atoms with Gasteiger partial charge in [0.25, 0.3) is 0 Å². The smallest absolute Gasteiger partial charge is 0.331 e. The van der Waals surface area contributed by atoms with Crippen molar-refractivity contribution in [3.63, 3.8) is 0 Å². The summed E-state index contributed by atoms with van der Waals surface area (Å²) in [6.45, 7) is 4.13. The van der Waals surface area contributed by atoms with Crippen molar-refractivity contribution in [2.45, 2.75) is 45.2 Å². The van der Waals surface area contributed by atoms with Crippen LogP contribution < -0.4 is 5.32 Å². The summed E-state index contributed by atoms with van der Waals surface area (Å²) >= 11 is 0. The highest BCUT2D eigenvalue weighted by molar-refractivity contribution is 5.87. The van der Waals surface area contributed by atoms with E-state index in [4.69, 9.17) is 4.74 Å². The average Bonchev–Trinajstić information content (AvgIpc) is 2.88. The van der Waals surface area contributed by atoms with Crippen LogP contribution in [0.2, 0.25) is 0 Å². The number of aryl methyl sites for hydroxylation is 1. The molecular weight excluding hydrogens is 246 g/mol. The molecule has 0 aliphatic carbocycles. The van der Waals surface area contributed by atoms with E-state index >= 15 is 0 Å². The van der Waals surface area contributed by atoms with Crippen molar-refractivity contribution < 1.29 is 14.3 Å². The number of rotatable bonds is 7. The third-order valence-corrected chi connectivity index (χ3v) is 2.93. The highest BCUT2D eigenvalue weighted by atomic mass is 16.5. The Morgan fingerprint density at radius 3 is 2.74 bits per heavy atom. The van der Waals surface area contributed by atoms with Gasteiger partial charge in [0.15, 0.2) is 0 Å². The molecule has 0 fully saturated rings. The maximum absolute atomic E-state index is 11.9. The van der Waals surface area contributed by atoms with Gasteiger partial charge in [-0.25, -0.2) is 4.79 Å². The molecule has 1 atom stereocenters. The SMILES string of the molecule is CCCC(C)(NC(=O)CCn1cccn1)C(=O)OC. The Morgan fingerprint density at radius 1 is 1.47 bits per heavy atom. The van der Waals surface area contributed by atoms with Crippen LogP contribution in [0.3, 0.4) is 0 Å². The third-order valence-electron chi connectivity index (χ3n) is 2.93. The molecule has 0 aromatic carbocycles. The van der Waals surface area contributed by atoms with Gasteiger partial charge in [-0.2, -0.15) is 5.10 Å². The lowest BCUT2D eigenvalue weighted by Crippen LogP contribution is -2.52. The van der Waals surface area contributed by atoms with Crippen LogP contribution in [0.1, 0.15) is 33.1 Å². The van der Waals surface area contributed by atoms with Gasteiger partial charge in [0.05, 0.1) is 7.11 Å². The van der Waals surface area contributed by atoms with Crippen LogP contribution >= 0.6 is 0 Å². The number of methoxy groups -OCH3 is 1. The molecule has 0 aliphatic heterocycles. The number of carbonyl (C=O) groups excluding carboxylic acids is 2. The predicted octanol–water partition coefficient (Wildman–Crippen LogP) is 1.12. The number of aromatic nitrogens is 2. The van der Waals surface area contributed by atoms with Gasteiger partial charge >= 0.3 is 5.97 Å². The number of carbonyl (C=O) groups is 2. The summed E-state index contributed by atoms with van der Waals surface area (Å²) in [5.41, 5.74) is -0.954. The number of nitrogens with one attached hydrogen (secondary N) is 1. The number of ether oxygens (including phenoxy) is 1. The van der Waals surface area contributed by atoms with E-state index in [9.17, 15) is 9.59 Å². The first kappa shape index (κ1) is 15.2. The minimum atomic E-state index is -0.954. The summed E-state index contributed by atoms with van der Waals surface area (Å²) in [4.78, 5) is 23.6. The van der Waals surface area contributed by atoms with Crippen molar-refractivity contribution in [2.24, 2.45) is 0 Å². The number of hydrogen-bond donors (Lipinski definition) is 1. The number of nitrogens with zero attached hydrogens (tertiary/aromatic N) is 2. The molecule has 1 aromatic heterocycles. The molecule has 0 spiro atoms. The molecule has 0 aliphatic rings. The van der Waals surface area contributed by atoms with Gasteiger partial charge in [0, 0.05) is 25.4 Å². The number of hydrogen-bond acceptors (Lipinski definition) is 4. The summed E-state index contributed by atoms with van der Waals surface area (Å²) in [6, 6.07) is 1.80. The number of amides is 1. The predicted molar refractivity (Wildman–Crippen MR) is 70.3 cm³/mol. The lowest BCUT2D eigenvalue weighted by molar-refractivity contribution is -0.150. The fraction of sp³-hybridized carbons (Fsp3) is 0.615. The van der Waals surface area contributed by atoms with Crippen LogP contribution in [0.25, 0.3) is 0 Å². The van der Waals surface area contributed by atoms with Crippen molar-refractivity contribution in [3.05, 3.63) is 18.5 Å². The monoisotopic (exact) mass is 267 g/mol. The van der Waals surface area contributed by atoms with Crippen molar-refractivity contribution in [2.75, 3.05) is 7.11 Å². The number of esters is 1. The molecule has 1 unspecified atom stereocenters. The minimum Gasteiger partial charge on any atom is -0.467 e. The molecule has 1 aromatic rings. The summed E-state index contributed by atoms with van der Waals surface area (Å²) in [5.74, 6) is -0.598. The van der Waals surface area contributed by atoms with E-state index in [0.29, 0.717) is 13.0 Å². The lowest BCUT2D eigenvalue weighted by Gasteiger charge is -2.27. The fourth-order valence-corrected chi connectivity index (χ4v) is 1.96. The normalized spacial score (nSPS) is 13.6. The van der Waals surface area contributed by atoms with E-state index in [1.54, 1.807) is 30.1 Å². The molecule has 0 bridgehead atoms. The molecule has 1 heterocycles. The first-order valence-electron chi connectivity index (χ1n) is 6.38. The Labute approximate surface area is 113 Å². The molecule has 0 saturated heterocycles. The second-order valence-corrected chi connectivity index (χ2v) is 4.64. The highest BCUT2D eigenvalue weighted by Crippen LogP contribution is 2.14. The Bertz CT molecular complexity index is 417. The molecule has 1 N–H and O–H groups in total. The molecule has 6 nitrogen and oxygen atoms in total. The Hall–Kier alpha value is -1.85. The first-order valence-corrected chi connectivity index (χ1v) is 6.38. The Balaban J connectivity index is 2.53. The summed E-state index contributed by atoms with van der Waals surface area (Å²) in [6.07, 6.45) is 5.06. The Kier molecular flexibility index (Phi) is 5.54. The van der Waals surface area contributed by atoms with Crippen molar-refractivity contribution >= 4 is 11.9 Å². The van der Waals surface area contributed by atoms with Gasteiger partial charge in [-0.05, 0) is 19.4 Å². The molecule has 106 valence electrons. The zero-order valence-electron chi connectivity index (χ0n) is 11.7. The van der Waals surface area contributed by atoms with Crippen molar-refractivity contribution in [1.29, 1.82) is 0 Å². The maximum Gasteiger partial charge on any atom is 0.331 e. The van der Waals surface area contributed by atoms with E-state index in [1.807, 2.05) is 6.92 Å². The van der Waals surface area contributed by atoms with Crippen molar-refractivity contribution in [1.82, 2.24) is 15.1 Å². The molecular formula is C13H21N3O3. The van der Waals surface area contributed by atoms with Gasteiger partial charge in [-0.1, -0.05) is 13.3 Å². The lowest BCUT2D eigenvalue weighted by atomic mass is 9.96. The summed E-state index contributed by atoms with van der Waals surface area (Å²) < 4.78 is 6.42. The third kappa shape index (κ3) is 4.39. The van der Waals surface area contributed by atoms with Crippen molar-refractivity contribution in [3.8, 4) is 0 Å². The van der Waals surface area contributed by atoms with Gasteiger partial charge in [-0.3, -0.25) is 9.48 Å². The molecule has 1 rings (SSSR count).